The van der Waals surface area contributed by atoms with Crippen molar-refractivity contribution in [3.63, 3.8) is 0 Å². The zero-order valence-electron chi connectivity index (χ0n) is 15.8. The standard InChI is InChI=1S/C19H26F3N5O/c1-12(8-17-23-11-24-25-17)13-4-2-5-14(9-13)27-10-16-15(19(20,21)22)6-3-7-26(16)18(27)28/h3,6-7,10,12-14,17,23-25H,2,4-5,8-9,11H2,1H3/t12-,13?,14?,17?/m0/s1. The van der Waals surface area contributed by atoms with Crippen LogP contribution in [-0.4, -0.2) is 21.8 Å². The van der Waals surface area contributed by atoms with E-state index in [0.717, 1.165) is 49.2 Å². The van der Waals surface area contributed by atoms with Gasteiger partial charge in [-0.25, -0.2) is 15.6 Å². The first kappa shape index (κ1) is 19.5. The highest BCUT2D eigenvalue weighted by Gasteiger charge is 2.35. The highest BCUT2D eigenvalue weighted by Crippen LogP contribution is 2.38. The SMILES string of the molecule is C[C@@H](CC1NCNN1)C1CCCC(n2cc3c(C(F)(F)F)cccn3c2=O)C1. The molecule has 3 heterocycles. The number of alkyl halides is 3. The van der Waals surface area contributed by atoms with Crippen molar-refractivity contribution in [1.82, 2.24) is 25.1 Å². The Labute approximate surface area is 161 Å². The van der Waals surface area contributed by atoms with Crippen molar-refractivity contribution in [2.24, 2.45) is 11.8 Å². The van der Waals surface area contributed by atoms with Crippen molar-refractivity contribution in [1.29, 1.82) is 0 Å². The van der Waals surface area contributed by atoms with E-state index in [0.29, 0.717) is 11.8 Å². The van der Waals surface area contributed by atoms with Gasteiger partial charge in [0.1, 0.15) is 0 Å². The number of hydrogen-bond donors (Lipinski definition) is 3. The largest absolute Gasteiger partial charge is 0.418 e. The summed E-state index contributed by atoms with van der Waals surface area (Å²) >= 11 is 0. The van der Waals surface area contributed by atoms with E-state index in [-0.39, 0.29) is 23.4 Å². The Balaban J connectivity index is 1.57. The first-order valence-electron chi connectivity index (χ1n) is 9.86. The predicted octanol–water partition coefficient (Wildman–Crippen LogP) is 2.86. The van der Waals surface area contributed by atoms with Crippen LogP contribution in [0.15, 0.2) is 29.3 Å². The Kier molecular flexibility index (Phi) is 5.24. The monoisotopic (exact) mass is 397 g/mol. The number of pyridine rings is 1. The Bertz CT molecular complexity index is 884. The van der Waals surface area contributed by atoms with Gasteiger partial charge in [-0.2, -0.15) is 13.2 Å². The molecule has 1 aliphatic heterocycles. The number of rotatable bonds is 4. The number of aromatic nitrogens is 2. The molecular weight excluding hydrogens is 371 g/mol. The molecule has 3 N–H and O–H groups in total. The van der Waals surface area contributed by atoms with Gasteiger partial charge in [-0.05, 0) is 43.2 Å². The Morgan fingerprint density at radius 1 is 1.32 bits per heavy atom. The molecule has 0 spiro atoms. The highest BCUT2D eigenvalue weighted by atomic mass is 19.4. The average Bonchev–Trinajstić information content (AvgIpc) is 3.29. The maximum atomic E-state index is 13.3. The summed E-state index contributed by atoms with van der Waals surface area (Å²) in [6.07, 6.45) is 3.23. The van der Waals surface area contributed by atoms with E-state index < -0.39 is 11.7 Å². The van der Waals surface area contributed by atoms with E-state index in [9.17, 15) is 18.0 Å². The maximum absolute atomic E-state index is 13.3. The minimum absolute atomic E-state index is 0.0581. The number of fused-ring (bicyclic) bond motifs is 1. The smallest absolute Gasteiger partial charge is 0.295 e. The number of hydrogen-bond acceptors (Lipinski definition) is 4. The van der Waals surface area contributed by atoms with Gasteiger partial charge in [0.2, 0.25) is 0 Å². The van der Waals surface area contributed by atoms with Crippen LogP contribution >= 0.6 is 0 Å². The molecule has 0 radical (unpaired) electrons. The second kappa shape index (κ2) is 7.53. The first-order valence-corrected chi connectivity index (χ1v) is 9.86. The third-order valence-corrected chi connectivity index (χ3v) is 6.23. The summed E-state index contributed by atoms with van der Waals surface area (Å²) < 4.78 is 42.6. The van der Waals surface area contributed by atoms with Crippen LogP contribution < -0.4 is 21.9 Å². The number of imidazole rings is 1. The molecule has 2 aliphatic rings. The summed E-state index contributed by atoms with van der Waals surface area (Å²) in [5, 5.41) is 3.33. The van der Waals surface area contributed by atoms with Gasteiger partial charge in [0.05, 0.1) is 23.9 Å². The molecule has 0 amide bonds. The van der Waals surface area contributed by atoms with Gasteiger partial charge >= 0.3 is 11.9 Å². The van der Waals surface area contributed by atoms with Gasteiger partial charge in [-0.3, -0.25) is 14.3 Å². The summed E-state index contributed by atoms with van der Waals surface area (Å²) in [4.78, 5) is 12.8. The van der Waals surface area contributed by atoms with Gasteiger partial charge in [-0.15, -0.1) is 0 Å². The Morgan fingerprint density at radius 2 is 2.14 bits per heavy atom. The van der Waals surface area contributed by atoms with Crippen LogP contribution in [0.3, 0.4) is 0 Å². The Morgan fingerprint density at radius 3 is 2.86 bits per heavy atom. The molecule has 4 atom stereocenters. The van der Waals surface area contributed by atoms with Crippen molar-refractivity contribution in [3.8, 4) is 0 Å². The van der Waals surface area contributed by atoms with Crippen molar-refractivity contribution in [3.05, 3.63) is 40.6 Å². The van der Waals surface area contributed by atoms with Gasteiger partial charge in [0.25, 0.3) is 0 Å². The predicted molar refractivity (Wildman–Crippen MR) is 99.5 cm³/mol. The van der Waals surface area contributed by atoms with Crippen LogP contribution in [0.2, 0.25) is 0 Å². The molecule has 2 aromatic heterocycles. The molecule has 0 bridgehead atoms. The molecule has 3 unspecified atom stereocenters. The van der Waals surface area contributed by atoms with Crippen LogP contribution in [0.5, 0.6) is 0 Å². The Hall–Kier alpha value is -1.84. The quantitative estimate of drug-likeness (QED) is 0.743. The van der Waals surface area contributed by atoms with E-state index >= 15 is 0 Å². The minimum Gasteiger partial charge on any atom is -0.295 e. The van der Waals surface area contributed by atoms with Crippen molar-refractivity contribution in [2.75, 3.05) is 6.67 Å². The molecule has 1 aliphatic carbocycles. The zero-order chi connectivity index (χ0) is 19.9. The lowest BCUT2D eigenvalue weighted by molar-refractivity contribution is -0.136. The summed E-state index contributed by atoms with van der Waals surface area (Å²) in [5.74, 6) is 0.895. The van der Waals surface area contributed by atoms with Gasteiger partial charge < -0.3 is 0 Å². The van der Waals surface area contributed by atoms with Crippen LogP contribution in [0.4, 0.5) is 13.2 Å². The second-order valence-electron chi connectivity index (χ2n) is 8.04. The first-order chi connectivity index (χ1) is 13.3. The molecule has 1 saturated heterocycles. The molecular formula is C19H26F3N5O. The molecule has 154 valence electrons. The number of nitrogens with zero attached hydrogens (tertiary/aromatic N) is 2. The van der Waals surface area contributed by atoms with Crippen molar-refractivity contribution >= 4 is 5.52 Å². The molecule has 28 heavy (non-hydrogen) atoms. The van der Waals surface area contributed by atoms with E-state index in [1.807, 2.05) is 0 Å². The van der Waals surface area contributed by atoms with E-state index in [1.165, 1.54) is 23.0 Å². The summed E-state index contributed by atoms with van der Waals surface area (Å²) in [5.41, 5.74) is 5.02. The van der Waals surface area contributed by atoms with Crippen LogP contribution in [0.1, 0.15) is 50.6 Å². The molecule has 1 saturated carbocycles. The fourth-order valence-corrected chi connectivity index (χ4v) is 4.71. The van der Waals surface area contributed by atoms with Crippen molar-refractivity contribution < 1.29 is 13.2 Å². The summed E-state index contributed by atoms with van der Waals surface area (Å²) in [6.45, 7) is 2.95. The maximum Gasteiger partial charge on any atom is 0.418 e. The van der Waals surface area contributed by atoms with Crippen LogP contribution in [0.25, 0.3) is 5.52 Å². The summed E-state index contributed by atoms with van der Waals surface area (Å²) in [6, 6.07) is 2.25. The molecule has 4 rings (SSSR count). The third-order valence-electron chi connectivity index (χ3n) is 6.23. The second-order valence-corrected chi connectivity index (χ2v) is 8.04. The van der Waals surface area contributed by atoms with E-state index in [1.54, 1.807) is 0 Å². The zero-order valence-corrected chi connectivity index (χ0v) is 15.8. The average molecular weight is 397 g/mol. The fraction of sp³-hybridized carbons (Fsp3) is 0.632. The minimum atomic E-state index is -4.48. The lowest BCUT2D eigenvalue weighted by Crippen LogP contribution is -2.37. The van der Waals surface area contributed by atoms with Crippen LogP contribution in [0, 0.1) is 11.8 Å². The van der Waals surface area contributed by atoms with Gasteiger partial charge in [0.15, 0.2) is 0 Å². The normalized spacial score (nSPS) is 27.4. The fourth-order valence-electron chi connectivity index (χ4n) is 4.71. The lowest BCUT2D eigenvalue weighted by atomic mass is 9.77. The molecule has 2 aromatic rings. The molecule has 6 nitrogen and oxygen atoms in total. The van der Waals surface area contributed by atoms with Crippen molar-refractivity contribution in [2.45, 2.75) is 57.4 Å². The number of nitrogens with one attached hydrogen (secondary N) is 3. The molecule has 0 aromatic carbocycles. The lowest BCUT2D eigenvalue weighted by Gasteiger charge is -2.34. The molecule has 2 fully saturated rings. The number of hydrazine groups is 1. The topological polar surface area (TPSA) is 62.5 Å². The summed E-state index contributed by atoms with van der Waals surface area (Å²) in [7, 11) is 0. The molecule has 9 heteroatoms. The van der Waals surface area contributed by atoms with E-state index in [2.05, 4.69) is 23.1 Å². The van der Waals surface area contributed by atoms with Crippen LogP contribution in [-0.2, 0) is 6.18 Å². The van der Waals surface area contributed by atoms with Gasteiger partial charge in [0, 0.05) is 18.4 Å². The third kappa shape index (κ3) is 3.70. The van der Waals surface area contributed by atoms with Gasteiger partial charge in [-0.1, -0.05) is 19.8 Å². The van der Waals surface area contributed by atoms with E-state index in [4.69, 9.17) is 0 Å². The highest BCUT2D eigenvalue weighted by molar-refractivity contribution is 5.54. The number of halogens is 3.